The lowest BCUT2D eigenvalue weighted by Gasteiger charge is -2.22. The van der Waals surface area contributed by atoms with Crippen LogP contribution in [-0.2, 0) is 0 Å². The molecule has 0 atom stereocenters. The van der Waals surface area contributed by atoms with Gasteiger partial charge in [0.1, 0.15) is 0 Å². The van der Waals surface area contributed by atoms with Crippen LogP contribution in [0.4, 0.5) is 0 Å². The van der Waals surface area contributed by atoms with E-state index >= 15 is 0 Å². The Bertz CT molecular complexity index is 877. The van der Waals surface area contributed by atoms with Gasteiger partial charge in [-0.15, -0.1) is 5.98 Å². The minimum Gasteiger partial charge on any atom is -0.105 e. The van der Waals surface area contributed by atoms with Crippen LogP contribution in [0.3, 0.4) is 0 Å². The van der Waals surface area contributed by atoms with E-state index in [1.165, 1.54) is 49.9 Å². The summed E-state index contributed by atoms with van der Waals surface area (Å²) >= 11 is 0. The molecule has 0 heterocycles. The number of aryl methyl sites for hydroxylation is 6. The Kier molecular flexibility index (Phi) is 5.70. The molecule has 0 radical (unpaired) electrons. The zero-order valence-corrected chi connectivity index (χ0v) is 17.4. The molecule has 0 N–H and O–H groups in total. The molecule has 0 bridgehead atoms. The van der Waals surface area contributed by atoms with Crippen LogP contribution in [0.25, 0.3) is 6.08 Å². The van der Waals surface area contributed by atoms with Crippen LogP contribution >= 0.6 is 0 Å². The maximum Gasteiger partial charge on any atom is 0.235 e. The SMILES string of the molecule is Cc1cc(C)c(B(/C=C/c2ccccc2)c2c(C)cc(C)cc2C)c(C)c1. The highest BCUT2D eigenvalue weighted by molar-refractivity contribution is 6.90. The Labute approximate surface area is 165 Å². The van der Waals surface area contributed by atoms with Crippen molar-refractivity contribution >= 4 is 23.7 Å². The second-order valence-corrected chi connectivity index (χ2v) is 7.87. The predicted octanol–water partition coefficient (Wildman–Crippen LogP) is 5.40. The molecule has 0 aromatic heterocycles. The molecule has 0 spiro atoms. The van der Waals surface area contributed by atoms with E-state index in [9.17, 15) is 0 Å². The molecule has 0 saturated heterocycles. The molecule has 0 aliphatic heterocycles. The first-order chi connectivity index (χ1) is 12.9. The summed E-state index contributed by atoms with van der Waals surface area (Å²) in [6, 6.07) is 19.8. The van der Waals surface area contributed by atoms with Gasteiger partial charge in [-0.3, -0.25) is 0 Å². The Balaban J connectivity index is 2.21. The van der Waals surface area contributed by atoms with Gasteiger partial charge in [0.15, 0.2) is 0 Å². The normalized spacial score (nSPS) is 11.2. The molecule has 0 unspecified atom stereocenters. The van der Waals surface area contributed by atoms with Crippen LogP contribution < -0.4 is 10.9 Å². The lowest BCUT2D eigenvalue weighted by molar-refractivity contribution is 1.34. The van der Waals surface area contributed by atoms with Crippen LogP contribution in [0, 0.1) is 41.5 Å². The third kappa shape index (κ3) is 4.25. The van der Waals surface area contributed by atoms with Crippen molar-refractivity contribution in [3.63, 3.8) is 0 Å². The van der Waals surface area contributed by atoms with E-state index in [1.54, 1.807) is 0 Å². The molecule has 3 rings (SSSR count). The first-order valence-electron chi connectivity index (χ1n) is 9.75. The minimum atomic E-state index is 0.256. The van der Waals surface area contributed by atoms with E-state index in [0.29, 0.717) is 0 Å². The summed E-state index contributed by atoms with van der Waals surface area (Å²) in [5.74, 6) is 2.38. The van der Waals surface area contributed by atoms with E-state index in [2.05, 4.69) is 108 Å². The summed E-state index contributed by atoms with van der Waals surface area (Å²) in [7, 11) is 0. The van der Waals surface area contributed by atoms with Gasteiger partial charge < -0.3 is 0 Å². The third-order valence-corrected chi connectivity index (χ3v) is 5.38. The van der Waals surface area contributed by atoms with Crippen LogP contribution in [0.5, 0.6) is 0 Å². The van der Waals surface area contributed by atoms with E-state index < -0.39 is 0 Å². The van der Waals surface area contributed by atoms with Gasteiger partial charge in [0, 0.05) is 0 Å². The van der Waals surface area contributed by atoms with Crippen molar-refractivity contribution in [1.82, 2.24) is 0 Å². The van der Waals surface area contributed by atoms with E-state index in [1.807, 2.05) is 0 Å². The van der Waals surface area contributed by atoms with Gasteiger partial charge in [0.2, 0.25) is 6.71 Å². The molecule has 27 heavy (non-hydrogen) atoms. The summed E-state index contributed by atoms with van der Waals surface area (Å²) in [4.78, 5) is 0. The fraction of sp³-hybridized carbons (Fsp3) is 0.231. The zero-order valence-electron chi connectivity index (χ0n) is 17.4. The second kappa shape index (κ2) is 8.00. The average molecular weight is 352 g/mol. The molecule has 0 nitrogen and oxygen atoms in total. The molecular weight excluding hydrogens is 323 g/mol. The van der Waals surface area contributed by atoms with Gasteiger partial charge in [-0.1, -0.05) is 105 Å². The zero-order chi connectivity index (χ0) is 19.6. The van der Waals surface area contributed by atoms with Crippen LogP contribution in [0.15, 0.2) is 60.6 Å². The largest absolute Gasteiger partial charge is 0.235 e. The monoisotopic (exact) mass is 352 g/mol. The summed E-state index contributed by atoms with van der Waals surface area (Å²) in [5.41, 5.74) is 12.3. The number of benzene rings is 3. The van der Waals surface area contributed by atoms with Gasteiger partial charge in [-0.2, -0.15) is 0 Å². The third-order valence-electron chi connectivity index (χ3n) is 5.38. The van der Waals surface area contributed by atoms with Gasteiger partial charge in [0.25, 0.3) is 0 Å². The summed E-state index contributed by atoms with van der Waals surface area (Å²) in [5, 5.41) is 0. The first-order valence-corrected chi connectivity index (χ1v) is 9.75. The van der Waals surface area contributed by atoms with E-state index in [-0.39, 0.29) is 6.71 Å². The molecule has 0 aliphatic rings. The topological polar surface area (TPSA) is 0 Å². The molecule has 1 heteroatoms. The Morgan fingerprint density at radius 2 is 1.00 bits per heavy atom. The highest BCUT2D eigenvalue weighted by Crippen LogP contribution is 2.14. The quantitative estimate of drug-likeness (QED) is 0.552. The highest BCUT2D eigenvalue weighted by atomic mass is 14.1. The summed E-state index contributed by atoms with van der Waals surface area (Å²) in [6.45, 7) is 13.6. The molecule has 3 aromatic carbocycles. The number of hydrogen-bond acceptors (Lipinski definition) is 0. The fourth-order valence-corrected chi connectivity index (χ4v) is 4.47. The number of rotatable bonds is 4. The summed E-state index contributed by atoms with van der Waals surface area (Å²) in [6.07, 6.45) is 2.27. The lowest BCUT2D eigenvalue weighted by Crippen LogP contribution is -2.46. The first kappa shape index (κ1) is 19.2. The van der Waals surface area contributed by atoms with E-state index in [0.717, 1.165) is 0 Å². The van der Waals surface area contributed by atoms with Crippen molar-refractivity contribution in [2.24, 2.45) is 0 Å². The predicted molar refractivity (Wildman–Crippen MR) is 122 cm³/mol. The molecule has 0 aliphatic carbocycles. The number of hydrogen-bond donors (Lipinski definition) is 0. The van der Waals surface area contributed by atoms with Gasteiger partial charge in [-0.25, -0.2) is 0 Å². The fourth-order valence-electron chi connectivity index (χ4n) is 4.47. The molecule has 0 fully saturated rings. The summed E-state index contributed by atoms with van der Waals surface area (Å²) < 4.78 is 0. The van der Waals surface area contributed by atoms with Crippen LogP contribution in [0.2, 0.25) is 0 Å². The molecule has 136 valence electrons. The average Bonchev–Trinajstić information content (AvgIpc) is 2.58. The van der Waals surface area contributed by atoms with Crippen molar-refractivity contribution in [1.29, 1.82) is 0 Å². The van der Waals surface area contributed by atoms with Gasteiger partial charge >= 0.3 is 0 Å². The van der Waals surface area contributed by atoms with Gasteiger partial charge in [0.05, 0.1) is 0 Å². The van der Waals surface area contributed by atoms with E-state index in [4.69, 9.17) is 0 Å². The molecular formula is C26H29B. The molecule has 3 aromatic rings. The van der Waals surface area contributed by atoms with Gasteiger partial charge in [-0.05, 0) is 47.1 Å². The molecule has 0 amide bonds. The maximum absolute atomic E-state index is 2.38. The maximum atomic E-state index is 2.38. The smallest absolute Gasteiger partial charge is 0.105 e. The van der Waals surface area contributed by atoms with Crippen molar-refractivity contribution < 1.29 is 0 Å². The second-order valence-electron chi connectivity index (χ2n) is 7.87. The minimum absolute atomic E-state index is 0.256. The Morgan fingerprint density at radius 1 is 0.593 bits per heavy atom. The standard InChI is InChI=1S/C26H29B/c1-18-14-20(3)25(21(4)15-18)27(13-12-24-10-8-7-9-11-24)26-22(5)16-19(2)17-23(26)6/h7-17H,1-6H3/b13-12+. The van der Waals surface area contributed by atoms with Crippen molar-refractivity contribution in [2.75, 3.05) is 0 Å². The Morgan fingerprint density at radius 3 is 1.41 bits per heavy atom. The highest BCUT2D eigenvalue weighted by Gasteiger charge is 2.24. The Hall–Kier alpha value is -2.54. The van der Waals surface area contributed by atoms with Crippen molar-refractivity contribution in [3.8, 4) is 0 Å². The molecule has 0 saturated carbocycles. The van der Waals surface area contributed by atoms with Crippen LogP contribution in [-0.4, -0.2) is 6.71 Å². The van der Waals surface area contributed by atoms with Crippen molar-refractivity contribution in [3.05, 3.63) is 99.5 Å². The van der Waals surface area contributed by atoms with Crippen molar-refractivity contribution in [2.45, 2.75) is 41.5 Å². The van der Waals surface area contributed by atoms with Crippen LogP contribution in [0.1, 0.15) is 38.9 Å². The lowest BCUT2D eigenvalue weighted by atomic mass is 9.37.